The normalized spacial score (nSPS) is 10.7. The van der Waals surface area contributed by atoms with Crippen molar-refractivity contribution >= 4 is 5.91 Å². The van der Waals surface area contributed by atoms with E-state index in [1.165, 1.54) is 0 Å². The fraction of sp³-hybridized carbons (Fsp3) is 0.636. The number of carbonyl (C=O) groups excluding carboxylic acids is 1. The minimum Gasteiger partial charge on any atom is -0.356 e. The lowest BCUT2D eigenvalue weighted by Crippen LogP contribution is -2.30. The van der Waals surface area contributed by atoms with E-state index in [0.29, 0.717) is 18.9 Å². The number of nitrogens with zero attached hydrogens (tertiary/aromatic N) is 1. The van der Waals surface area contributed by atoms with E-state index in [1.807, 2.05) is 6.07 Å². The Labute approximate surface area is 96.0 Å². The molecule has 0 aromatic carbocycles. The largest absolute Gasteiger partial charge is 0.356 e. The molecule has 0 saturated carbocycles. The zero-order chi connectivity index (χ0) is 11.8. The van der Waals surface area contributed by atoms with E-state index >= 15 is 0 Å². The molecule has 0 aliphatic rings. The summed E-state index contributed by atoms with van der Waals surface area (Å²) in [5.74, 6) is 0.604. The van der Waals surface area contributed by atoms with Crippen molar-refractivity contribution in [3.63, 3.8) is 0 Å². The van der Waals surface area contributed by atoms with Crippen molar-refractivity contribution in [2.24, 2.45) is 5.92 Å². The van der Waals surface area contributed by atoms with Crippen molar-refractivity contribution in [1.29, 1.82) is 0 Å². The first kappa shape index (κ1) is 12.7. The molecule has 0 spiro atoms. The average Bonchev–Trinajstić information content (AvgIpc) is 2.74. The van der Waals surface area contributed by atoms with Crippen LogP contribution in [0.5, 0.6) is 0 Å². The average molecular weight is 224 g/mol. The molecule has 1 rings (SSSR count). The summed E-state index contributed by atoms with van der Waals surface area (Å²) in [4.78, 5) is 11.3. The number of amides is 1. The van der Waals surface area contributed by atoms with Gasteiger partial charge in [-0.05, 0) is 12.0 Å². The third-order valence-electron chi connectivity index (χ3n) is 2.11. The van der Waals surface area contributed by atoms with E-state index in [2.05, 4.69) is 34.7 Å². The Kier molecular flexibility index (Phi) is 5.56. The first-order valence-electron chi connectivity index (χ1n) is 5.64. The first-order valence-corrected chi connectivity index (χ1v) is 5.64. The number of carbonyl (C=O) groups is 1. The highest BCUT2D eigenvalue weighted by Gasteiger charge is 2.01. The van der Waals surface area contributed by atoms with Gasteiger partial charge in [-0.25, -0.2) is 0 Å². The lowest BCUT2D eigenvalue weighted by molar-refractivity contribution is -0.121. The lowest BCUT2D eigenvalue weighted by Gasteiger charge is -2.07. The maximum absolute atomic E-state index is 11.3. The predicted octanol–water partition coefficient (Wildman–Crippen LogP) is 0.662. The minimum absolute atomic E-state index is 0.103. The molecule has 16 heavy (non-hydrogen) atoms. The summed E-state index contributed by atoms with van der Waals surface area (Å²) >= 11 is 0. The van der Waals surface area contributed by atoms with Crippen molar-refractivity contribution in [3.8, 4) is 0 Å². The van der Waals surface area contributed by atoms with E-state index in [1.54, 1.807) is 6.20 Å². The Morgan fingerprint density at radius 1 is 1.56 bits per heavy atom. The van der Waals surface area contributed by atoms with Crippen molar-refractivity contribution in [3.05, 3.63) is 18.0 Å². The van der Waals surface area contributed by atoms with Crippen LogP contribution in [0.25, 0.3) is 0 Å². The highest BCUT2D eigenvalue weighted by molar-refractivity contribution is 5.76. The first-order chi connectivity index (χ1) is 7.68. The molecule has 0 bridgehead atoms. The molecule has 0 unspecified atom stereocenters. The summed E-state index contributed by atoms with van der Waals surface area (Å²) in [6, 6.07) is 1.91. The van der Waals surface area contributed by atoms with Crippen LogP contribution in [-0.2, 0) is 11.3 Å². The Morgan fingerprint density at radius 3 is 3.00 bits per heavy atom. The van der Waals surface area contributed by atoms with Crippen LogP contribution in [0.3, 0.4) is 0 Å². The van der Waals surface area contributed by atoms with Gasteiger partial charge in [0, 0.05) is 37.9 Å². The second-order valence-corrected chi connectivity index (χ2v) is 4.21. The van der Waals surface area contributed by atoms with Crippen LogP contribution >= 0.6 is 0 Å². The molecular weight excluding hydrogens is 204 g/mol. The number of rotatable bonds is 7. The molecule has 1 aromatic rings. The Hall–Kier alpha value is -1.36. The van der Waals surface area contributed by atoms with Gasteiger partial charge in [-0.3, -0.25) is 9.89 Å². The third-order valence-corrected chi connectivity index (χ3v) is 2.11. The van der Waals surface area contributed by atoms with Gasteiger partial charge in [0.05, 0.1) is 0 Å². The van der Waals surface area contributed by atoms with Gasteiger partial charge < -0.3 is 10.6 Å². The highest BCUT2D eigenvalue weighted by Crippen LogP contribution is 1.90. The molecule has 0 atom stereocenters. The summed E-state index contributed by atoms with van der Waals surface area (Å²) in [5.41, 5.74) is 1.03. The zero-order valence-corrected chi connectivity index (χ0v) is 9.92. The van der Waals surface area contributed by atoms with Crippen molar-refractivity contribution < 1.29 is 4.79 Å². The summed E-state index contributed by atoms with van der Waals surface area (Å²) in [5, 5.41) is 12.7. The quantitative estimate of drug-likeness (QED) is 0.596. The predicted molar refractivity (Wildman–Crippen MR) is 62.8 cm³/mol. The number of hydrogen-bond acceptors (Lipinski definition) is 3. The molecule has 3 N–H and O–H groups in total. The van der Waals surface area contributed by atoms with E-state index in [9.17, 15) is 4.79 Å². The Morgan fingerprint density at radius 2 is 2.38 bits per heavy atom. The van der Waals surface area contributed by atoms with Gasteiger partial charge in [0.1, 0.15) is 0 Å². The lowest BCUT2D eigenvalue weighted by atomic mass is 10.2. The molecule has 5 heteroatoms. The summed E-state index contributed by atoms with van der Waals surface area (Å²) < 4.78 is 0. The Bertz CT molecular complexity index is 295. The fourth-order valence-electron chi connectivity index (χ4n) is 1.21. The minimum atomic E-state index is 0.103. The molecule has 0 fully saturated rings. The van der Waals surface area contributed by atoms with E-state index in [4.69, 9.17) is 0 Å². The summed E-state index contributed by atoms with van der Waals surface area (Å²) in [7, 11) is 0. The van der Waals surface area contributed by atoms with Gasteiger partial charge in [0.15, 0.2) is 0 Å². The molecule has 0 saturated heterocycles. The highest BCUT2D eigenvalue weighted by atomic mass is 16.1. The van der Waals surface area contributed by atoms with Gasteiger partial charge >= 0.3 is 0 Å². The van der Waals surface area contributed by atoms with Crippen LogP contribution in [0.2, 0.25) is 0 Å². The number of hydrogen-bond donors (Lipinski definition) is 3. The van der Waals surface area contributed by atoms with Gasteiger partial charge in [-0.2, -0.15) is 5.10 Å². The molecule has 5 nitrogen and oxygen atoms in total. The van der Waals surface area contributed by atoms with Crippen molar-refractivity contribution in [2.75, 3.05) is 13.1 Å². The van der Waals surface area contributed by atoms with E-state index < -0.39 is 0 Å². The van der Waals surface area contributed by atoms with E-state index in [0.717, 1.165) is 18.8 Å². The molecule has 0 radical (unpaired) electrons. The zero-order valence-electron chi connectivity index (χ0n) is 9.92. The number of aromatic nitrogens is 2. The maximum Gasteiger partial charge on any atom is 0.221 e. The molecule has 1 aromatic heterocycles. The molecular formula is C11H20N4O. The van der Waals surface area contributed by atoms with Gasteiger partial charge in [-0.1, -0.05) is 13.8 Å². The fourth-order valence-corrected chi connectivity index (χ4v) is 1.21. The summed E-state index contributed by atoms with van der Waals surface area (Å²) in [6.45, 7) is 6.31. The van der Waals surface area contributed by atoms with E-state index in [-0.39, 0.29) is 5.91 Å². The number of H-pyrrole nitrogens is 1. The monoisotopic (exact) mass is 224 g/mol. The van der Waals surface area contributed by atoms with Crippen LogP contribution < -0.4 is 10.6 Å². The number of nitrogens with one attached hydrogen (secondary N) is 3. The van der Waals surface area contributed by atoms with Crippen LogP contribution in [0, 0.1) is 5.92 Å². The van der Waals surface area contributed by atoms with Crippen LogP contribution in [0.1, 0.15) is 26.0 Å². The summed E-state index contributed by atoms with van der Waals surface area (Å²) in [6.07, 6.45) is 2.23. The molecule has 90 valence electrons. The van der Waals surface area contributed by atoms with Gasteiger partial charge in [-0.15, -0.1) is 0 Å². The molecule has 1 amide bonds. The topological polar surface area (TPSA) is 69.8 Å². The molecule has 0 aliphatic carbocycles. The molecule has 0 aliphatic heterocycles. The SMILES string of the molecule is CC(C)CNC(=O)CCNCc1ccn[nH]1. The van der Waals surface area contributed by atoms with Gasteiger partial charge in [0.2, 0.25) is 5.91 Å². The smallest absolute Gasteiger partial charge is 0.221 e. The van der Waals surface area contributed by atoms with Gasteiger partial charge in [0.25, 0.3) is 0 Å². The second kappa shape index (κ2) is 7.00. The third kappa shape index (κ3) is 5.50. The Balaban J connectivity index is 2.00. The van der Waals surface area contributed by atoms with Crippen LogP contribution in [-0.4, -0.2) is 29.2 Å². The standard InChI is InChI=1S/C11H20N4O/c1-9(2)7-13-11(16)4-5-12-8-10-3-6-14-15-10/h3,6,9,12H,4-5,7-8H2,1-2H3,(H,13,16)(H,14,15). The maximum atomic E-state index is 11.3. The second-order valence-electron chi connectivity index (χ2n) is 4.21. The van der Waals surface area contributed by atoms with Crippen LogP contribution in [0.15, 0.2) is 12.3 Å². The van der Waals surface area contributed by atoms with Crippen LogP contribution in [0.4, 0.5) is 0 Å². The number of aromatic amines is 1. The molecule has 1 heterocycles. The van der Waals surface area contributed by atoms with Crippen molar-refractivity contribution in [2.45, 2.75) is 26.8 Å². The van der Waals surface area contributed by atoms with Crippen molar-refractivity contribution in [1.82, 2.24) is 20.8 Å².